The molecule has 0 spiro atoms. The maximum absolute atomic E-state index is 12.7. The minimum atomic E-state index is -3.55. The minimum absolute atomic E-state index is 0.00127. The molecule has 6 nitrogen and oxygen atoms in total. The fraction of sp³-hybridized carbons (Fsp3) is 0.300. The van der Waals surface area contributed by atoms with Crippen LogP contribution in [0, 0.1) is 13.8 Å². The number of carbonyl (C=O) groups excluding carboxylic acids is 2. The summed E-state index contributed by atoms with van der Waals surface area (Å²) < 4.78 is 29.7. The van der Waals surface area contributed by atoms with Crippen molar-refractivity contribution >= 4 is 27.4 Å². The Morgan fingerprint density at radius 2 is 1.74 bits per heavy atom. The molecule has 0 fully saturated rings. The van der Waals surface area contributed by atoms with Crippen molar-refractivity contribution in [1.82, 2.24) is 0 Å². The maximum Gasteiger partial charge on any atom is 0.338 e. The number of hydrogen-bond donors (Lipinski definition) is 1. The van der Waals surface area contributed by atoms with Gasteiger partial charge in [-0.25, -0.2) is 13.2 Å². The van der Waals surface area contributed by atoms with Gasteiger partial charge in [0.1, 0.15) is 0 Å². The van der Waals surface area contributed by atoms with E-state index in [1.165, 1.54) is 25.3 Å². The number of ether oxygens (including phenoxy) is 1. The largest absolute Gasteiger partial charge is 0.465 e. The summed E-state index contributed by atoms with van der Waals surface area (Å²) >= 11 is 0. The number of hydrogen-bond acceptors (Lipinski definition) is 5. The summed E-state index contributed by atoms with van der Waals surface area (Å²) in [6.45, 7) is 5.38. The molecule has 0 aliphatic carbocycles. The van der Waals surface area contributed by atoms with E-state index in [0.29, 0.717) is 17.7 Å². The van der Waals surface area contributed by atoms with E-state index in [-0.39, 0.29) is 16.2 Å². The van der Waals surface area contributed by atoms with Crippen molar-refractivity contribution in [3.8, 4) is 0 Å². The van der Waals surface area contributed by atoms with Crippen molar-refractivity contribution in [1.29, 1.82) is 0 Å². The van der Waals surface area contributed by atoms with Crippen LogP contribution in [0.4, 0.5) is 5.69 Å². The van der Waals surface area contributed by atoms with Crippen LogP contribution in [-0.4, -0.2) is 33.2 Å². The maximum atomic E-state index is 12.7. The molecule has 2 aromatic rings. The molecule has 0 saturated carbocycles. The molecular weight excluding hydrogens is 366 g/mol. The highest BCUT2D eigenvalue weighted by Crippen LogP contribution is 2.23. The molecule has 2 aromatic carbocycles. The van der Waals surface area contributed by atoms with Crippen molar-refractivity contribution in [3.05, 3.63) is 58.7 Å². The second-order valence-corrected chi connectivity index (χ2v) is 8.30. The van der Waals surface area contributed by atoms with Gasteiger partial charge in [0.05, 0.1) is 28.9 Å². The molecule has 1 amide bonds. The molecule has 27 heavy (non-hydrogen) atoms. The molecule has 2 rings (SSSR count). The second kappa shape index (κ2) is 8.35. The van der Waals surface area contributed by atoms with Crippen LogP contribution in [0.1, 0.15) is 45.2 Å². The zero-order valence-corrected chi connectivity index (χ0v) is 16.6. The Hall–Kier alpha value is -2.67. The number of benzene rings is 2. The van der Waals surface area contributed by atoms with Crippen LogP contribution >= 0.6 is 0 Å². The van der Waals surface area contributed by atoms with Crippen LogP contribution in [0.2, 0.25) is 0 Å². The van der Waals surface area contributed by atoms with Crippen molar-refractivity contribution < 1.29 is 22.7 Å². The zero-order valence-electron chi connectivity index (χ0n) is 15.8. The molecule has 1 N–H and O–H groups in total. The van der Waals surface area contributed by atoms with E-state index in [1.807, 2.05) is 6.92 Å². The Bertz CT molecular complexity index is 980. The summed E-state index contributed by atoms with van der Waals surface area (Å²) in [4.78, 5) is 24.7. The number of methoxy groups -OCH3 is 1. The highest BCUT2D eigenvalue weighted by molar-refractivity contribution is 7.91. The molecule has 0 unspecified atom stereocenters. The predicted molar refractivity (Wildman–Crippen MR) is 104 cm³/mol. The van der Waals surface area contributed by atoms with Crippen LogP contribution in [0.5, 0.6) is 0 Å². The molecule has 0 heterocycles. The molecule has 0 aromatic heterocycles. The molecule has 0 aliphatic heterocycles. The van der Waals surface area contributed by atoms with Crippen molar-refractivity contribution in [2.75, 3.05) is 18.2 Å². The molecule has 0 bridgehead atoms. The van der Waals surface area contributed by atoms with Gasteiger partial charge in [0.15, 0.2) is 9.84 Å². The van der Waals surface area contributed by atoms with Gasteiger partial charge in [0.25, 0.3) is 5.91 Å². The Morgan fingerprint density at radius 3 is 2.37 bits per heavy atom. The molecule has 7 heteroatoms. The van der Waals surface area contributed by atoms with Gasteiger partial charge in [-0.15, -0.1) is 0 Å². The highest BCUT2D eigenvalue weighted by Gasteiger charge is 2.22. The number of sulfone groups is 1. The lowest BCUT2D eigenvalue weighted by Crippen LogP contribution is -2.18. The van der Waals surface area contributed by atoms with Gasteiger partial charge in [0.2, 0.25) is 0 Å². The lowest BCUT2D eigenvalue weighted by molar-refractivity contribution is 0.0599. The highest BCUT2D eigenvalue weighted by atomic mass is 32.2. The second-order valence-electron chi connectivity index (χ2n) is 6.23. The number of amides is 1. The summed E-state index contributed by atoms with van der Waals surface area (Å²) in [6, 6.07) is 9.35. The molecule has 0 radical (unpaired) electrons. The van der Waals surface area contributed by atoms with Crippen LogP contribution in [0.15, 0.2) is 41.3 Å². The summed E-state index contributed by atoms with van der Waals surface area (Å²) in [5.74, 6) is -1.09. The quantitative estimate of drug-likeness (QED) is 0.764. The third-order valence-electron chi connectivity index (χ3n) is 4.27. The first-order chi connectivity index (χ1) is 12.7. The molecule has 0 saturated heterocycles. The SMILES string of the molecule is CCCS(=O)(=O)c1ccccc1C(=O)Nc1cc(C)c(C)c(C(=O)OC)c1. The van der Waals surface area contributed by atoms with Gasteiger partial charge in [-0.3, -0.25) is 4.79 Å². The normalized spacial score (nSPS) is 11.1. The van der Waals surface area contributed by atoms with E-state index >= 15 is 0 Å². The Morgan fingerprint density at radius 1 is 1.07 bits per heavy atom. The van der Waals surface area contributed by atoms with Crippen molar-refractivity contribution in [3.63, 3.8) is 0 Å². The predicted octanol–water partition coefficient (Wildman–Crippen LogP) is 3.53. The summed E-state index contributed by atoms with van der Waals surface area (Å²) in [5.41, 5.74) is 2.38. The number of esters is 1. The van der Waals surface area contributed by atoms with Crippen molar-refractivity contribution in [2.24, 2.45) is 0 Å². The van der Waals surface area contributed by atoms with Crippen LogP contribution < -0.4 is 5.32 Å². The van der Waals surface area contributed by atoms with Gasteiger partial charge in [0, 0.05) is 5.69 Å². The first kappa shape index (κ1) is 20.6. The van der Waals surface area contributed by atoms with Gasteiger partial charge in [-0.2, -0.15) is 0 Å². The fourth-order valence-corrected chi connectivity index (χ4v) is 4.30. The van der Waals surface area contributed by atoms with Crippen molar-refractivity contribution in [2.45, 2.75) is 32.1 Å². The third-order valence-corrected chi connectivity index (χ3v) is 6.24. The smallest absolute Gasteiger partial charge is 0.338 e. The van der Waals surface area contributed by atoms with E-state index in [1.54, 1.807) is 32.0 Å². The van der Waals surface area contributed by atoms with E-state index in [2.05, 4.69) is 5.32 Å². The average Bonchev–Trinajstić information content (AvgIpc) is 2.63. The lowest BCUT2D eigenvalue weighted by atomic mass is 10.0. The molecule has 0 atom stereocenters. The van der Waals surface area contributed by atoms with E-state index in [9.17, 15) is 18.0 Å². The third kappa shape index (κ3) is 4.54. The van der Waals surface area contributed by atoms with Gasteiger partial charge in [-0.05, 0) is 55.7 Å². The Labute approximate surface area is 159 Å². The number of aryl methyl sites for hydroxylation is 1. The Kier molecular flexibility index (Phi) is 6.38. The lowest BCUT2D eigenvalue weighted by Gasteiger charge is -2.13. The monoisotopic (exact) mass is 389 g/mol. The first-order valence-corrected chi connectivity index (χ1v) is 10.2. The van der Waals surface area contributed by atoms with Crippen LogP contribution in [0.3, 0.4) is 0 Å². The van der Waals surface area contributed by atoms with Crippen LogP contribution in [0.25, 0.3) is 0 Å². The van der Waals surface area contributed by atoms with E-state index in [4.69, 9.17) is 4.74 Å². The Balaban J connectivity index is 2.42. The summed E-state index contributed by atoms with van der Waals surface area (Å²) in [6.07, 6.45) is 0.456. The minimum Gasteiger partial charge on any atom is -0.465 e. The molecular formula is C20H23NO5S. The number of rotatable bonds is 6. The summed E-state index contributed by atoms with van der Waals surface area (Å²) in [5, 5.41) is 2.69. The van der Waals surface area contributed by atoms with E-state index < -0.39 is 21.7 Å². The average molecular weight is 389 g/mol. The van der Waals surface area contributed by atoms with Gasteiger partial charge < -0.3 is 10.1 Å². The van der Waals surface area contributed by atoms with Crippen LogP contribution in [-0.2, 0) is 14.6 Å². The summed E-state index contributed by atoms with van der Waals surface area (Å²) in [7, 11) is -2.26. The number of nitrogens with one attached hydrogen (secondary N) is 1. The fourth-order valence-electron chi connectivity index (χ4n) is 2.76. The topological polar surface area (TPSA) is 89.5 Å². The molecule has 144 valence electrons. The van der Waals surface area contributed by atoms with Gasteiger partial charge in [-0.1, -0.05) is 19.1 Å². The molecule has 0 aliphatic rings. The number of anilines is 1. The zero-order chi connectivity index (χ0) is 20.2. The van der Waals surface area contributed by atoms with E-state index in [0.717, 1.165) is 11.1 Å². The van der Waals surface area contributed by atoms with Gasteiger partial charge >= 0.3 is 5.97 Å². The first-order valence-electron chi connectivity index (χ1n) is 8.54. The standard InChI is InChI=1S/C20H23NO5S/c1-5-10-27(24,25)18-9-7-6-8-16(18)19(22)21-15-11-13(2)14(3)17(12-15)20(23)26-4/h6-9,11-12H,5,10H2,1-4H3,(H,21,22). The number of carbonyl (C=O) groups is 2.